The van der Waals surface area contributed by atoms with Gasteiger partial charge in [0.15, 0.2) is 0 Å². The number of nitrogens with zero attached hydrogens (tertiary/aromatic N) is 2. The average molecular weight is 662 g/mol. The van der Waals surface area contributed by atoms with Gasteiger partial charge < -0.3 is 9.64 Å². The van der Waals surface area contributed by atoms with Gasteiger partial charge in [-0.3, -0.25) is 9.69 Å². The van der Waals surface area contributed by atoms with Crippen LogP contribution < -0.4 is 0 Å². The first-order valence-electron chi connectivity index (χ1n) is 16.2. The molecule has 2 saturated heterocycles. The van der Waals surface area contributed by atoms with E-state index in [2.05, 4.69) is 57.0 Å². The molecule has 0 radical (unpaired) electrons. The highest BCUT2D eigenvalue weighted by atomic mass is 35.5. The highest BCUT2D eigenvalue weighted by molar-refractivity contribution is 7.08. The molecule has 2 aliphatic rings. The first kappa shape index (κ1) is 32.3. The van der Waals surface area contributed by atoms with Gasteiger partial charge >= 0.3 is 5.97 Å². The molecule has 4 aromatic rings. The van der Waals surface area contributed by atoms with Crippen LogP contribution in [0.3, 0.4) is 0 Å². The predicted molar refractivity (Wildman–Crippen MR) is 186 cm³/mol. The van der Waals surface area contributed by atoms with Crippen molar-refractivity contribution < 1.29 is 9.53 Å². The summed E-state index contributed by atoms with van der Waals surface area (Å²) in [5.41, 5.74) is 4.82. The molecule has 2 fully saturated rings. The predicted octanol–water partition coefficient (Wildman–Crippen LogP) is 8.77. The SMILES string of the molecule is O=C(Cc1ccccc1)OC(Cc1ccccc1)CC1CCN(C[C@H]2CN(Cc3ccc(Cl)cc3Cl)C[C@@H]2c2ccsc2)CC1. The molecule has 0 aliphatic carbocycles. The van der Waals surface area contributed by atoms with Gasteiger partial charge in [-0.15, -0.1) is 0 Å². The third-order valence-electron chi connectivity index (χ3n) is 9.49. The summed E-state index contributed by atoms with van der Waals surface area (Å²) in [6, 6.07) is 28.5. The van der Waals surface area contributed by atoms with Crippen molar-refractivity contribution in [2.45, 2.75) is 50.7 Å². The fourth-order valence-electron chi connectivity index (χ4n) is 7.18. The second kappa shape index (κ2) is 15.8. The molecule has 0 spiro atoms. The number of piperidine rings is 1. The molecule has 1 unspecified atom stereocenters. The van der Waals surface area contributed by atoms with E-state index in [0.717, 1.165) is 81.1 Å². The molecule has 45 heavy (non-hydrogen) atoms. The number of benzene rings is 3. The Labute approximate surface area is 281 Å². The number of esters is 1. The maximum atomic E-state index is 13.0. The fraction of sp³-hybridized carbons (Fsp3) is 0.395. The largest absolute Gasteiger partial charge is 0.462 e. The molecule has 0 N–H and O–H groups in total. The molecule has 7 heteroatoms. The van der Waals surface area contributed by atoms with Crippen molar-refractivity contribution in [2.75, 3.05) is 32.7 Å². The Balaban J connectivity index is 1.04. The lowest BCUT2D eigenvalue weighted by Crippen LogP contribution is -2.39. The highest BCUT2D eigenvalue weighted by Crippen LogP contribution is 2.37. The van der Waals surface area contributed by atoms with Crippen molar-refractivity contribution in [3.63, 3.8) is 0 Å². The summed E-state index contributed by atoms with van der Waals surface area (Å²) in [5, 5.41) is 5.96. The maximum Gasteiger partial charge on any atom is 0.310 e. The summed E-state index contributed by atoms with van der Waals surface area (Å²) in [7, 11) is 0. The third-order valence-corrected chi connectivity index (χ3v) is 10.8. The van der Waals surface area contributed by atoms with E-state index in [1.807, 2.05) is 48.5 Å². The lowest BCUT2D eigenvalue weighted by atomic mass is 9.87. The molecular formula is C38H42Cl2N2O2S. The van der Waals surface area contributed by atoms with Gasteiger partial charge in [-0.05, 0) is 95.4 Å². The van der Waals surface area contributed by atoms with E-state index in [-0.39, 0.29) is 12.1 Å². The Bertz CT molecular complexity index is 1490. The van der Waals surface area contributed by atoms with Crippen LogP contribution in [0.4, 0.5) is 0 Å². The van der Waals surface area contributed by atoms with Crippen LogP contribution in [0.5, 0.6) is 0 Å². The Morgan fingerprint density at radius 3 is 2.31 bits per heavy atom. The maximum absolute atomic E-state index is 13.0. The minimum absolute atomic E-state index is 0.105. The standard InChI is InChI=1S/C38H42Cl2N2O2S/c39-34-12-11-31(37(40)22-34)23-42-25-33(36(26-42)32-15-18-45-27-32)24-41-16-13-30(14-17-41)20-35(19-28-7-3-1-4-8-28)44-38(43)21-29-9-5-2-6-10-29/h1-12,15,18,22,27,30,33,35-36H,13-14,16-17,19-21,23-26H2/t33-,35?,36+/m0/s1. The minimum Gasteiger partial charge on any atom is -0.462 e. The van der Waals surface area contributed by atoms with Crippen LogP contribution in [0.15, 0.2) is 95.7 Å². The van der Waals surface area contributed by atoms with Gasteiger partial charge in [-0.2, -0.15) is 11.3 Å². The molecular weight excluding hydrogens is 619 g/mol. The molecule has 2 aliphatic heterocycles. The first-order chi connectivity index (χ1) is 22.0. The van der Waals surface area contributed by atoms with Gasteiger partial charge in [0.05, 0.1) is 6.42 Å². The summed E-state index contributed by atoms with van der Waals surface area (Å²) in [6.07, 6.45) is 4.17. The number of halogens is 2. The van der Waals surface area contributed by atoms with Crippen molar-refractivity contribution in [1.29, 1.82) is 0 Å². The monoisotopic (exact) mass is 660 g/mol. The smallest absolute Gasteiger partial charge is 0.310 e. The van der Waals surface area contributed by atoms with E-state index >= 15 is 0 Å². The number of thiophene rings is 1. The molecule has 0 amide bonds. The van der Waals surface area contributed by atoms with E-state index in [4.69, 9.17) is 27.9 Å². The van der Waals surface area contributed by atoms with Gasteiger partial charge in [0, 0.05) is 48.6 Å². The van der Waals surface area contributed by atoms with Crippen LogP contribution in [-0.2, 0) is 28.9 Å². The van der Waals surface area contributed by atoms with E-state index in [1.54, 1.807) is 11.3 Å². The lowest BCUT2D eigenvalue weighted by Gasteiger charge is -2.35. The Kier molecular flexibility index (Phi) is 11.3. The highest BCUT2D eigenvalue weighted by Gasteiger charge is 2.36. The second-order valence-electron chi connectivity index (χ2n) is 12.8. The van der Waals surface area contributed by atoms with E-state index in [0.29, 0.717) is 29.2 Å². The molecule has 3 heterocycles. The van der Waals surface area contributed by atoms with E-state index in [1.165, 1.54) is 11.1 Å². The van der Waals surface area contributed by atoms with E-state index in [9.17, 15) is 4.79 Å². The summed E-state index contributed by atoms with van der Waals surface area (Å²) < 4.78 is 6.15. The first-order valence-corrected chi connectivity index (χ1v) is 17.9. The van der Waals surface area contributed by atoms with Gasteiger partial charge in [-0.25, -0.2) is 0 Å². The molecule has 6 rings (SSSR count). The van der Waals surface area contributed by atoms with E-state index < -0.39 is 0 Å². The quantitative estimate of drug-likeness (QED) is 0.142. The fourth-order valence-corrected chi connectivity index (χ4v) is 8.37. The van der Waals surface area contributed by atoms with Crippen molar-refractivity contribution in [3.05, 3.63) is 128 Å². The zero-order valence-corrected chi connectivity index (χ0v) is 28.0. The van der Waals surface area contributed by atoms with Crippen molar-refractivity contribution in [2.24, 2.45) is 11.8 Å². The van der Waals surface area contributed by atoms with Crippen LogP contribution in [0, 0.1) is 11.8 Å². The Hall–Kier alpha value is -2.67. The van der Waals surface area contributed by atoms with Crippen LogP contribution in [0.2, 0.25) is 10.0 Å². The topological polar surface area (TPSA) is 32.8 Å². The van der Waals surface area contributed by atoms with Crippen LogP contribution in [0.25, 0.3) is 0 Å². The van der Waals surface area contributed by atoms with Gasteiger partial charge in [0.25, 0.3) is 0 Å². The molecule has 3 aromatic carbocycles. The Morgan fingerprint density at radius 2 is 1.62 bits per heavy atom. The van der Waals surface area contributed by atoms with Crippen LogP contribution in [-0.4, -0.2) is 54.6 Å². The Morgan fingerprint density at radius 1 is 0.889 bits per heavy atom. The summed E-state index contributed by atoms with van der Waals surface area (Å²) in [5.74, 6) is 1.52. The number of hydrogen-bond donors (Lipinski definition) is 0. The number of ether oxygens (including phenoxy) is 1. The van der Waals surface area contributed by atoms with Crippen LogP contribution >= 0.6 is 34.5 Å². The number of likely N-dealkylation sites (tertiary alicyclic amines) is 2. The average Bonchev–Trinajstić information content (AvgIpc) is 3.71. The van der Waals surface area contributed by atoms with Gasteiger partial charge in [-0.1, -0.05) is 89.9 Å². The van der Waals surface area contributed by atoms with Crippen molar-refractivity contribution in [3.8, 4) is 0 Å². The molecule has 0 saturated carbocycles. The molecule has 1 aromatic heterocycles. The summed E-state index contributed by atoms with van der Waals surface area (Å²) in [6.45, 7) is 6.26. The number of rotatable bonds is 12. The minimum atomic E-state index is -0.135. The summed E-state index contributed by atoms with van der Waals surface area (Å²) in [4.78, 5) is 18.2. The molecule has 0 bridgehead atoms. The zero-order valence-electron chi connectivity index (χ0n) is 25.7. The lowest BCUT2D eigenvalue weighted by molar-refractivity contribution is -0.149. The van der Waals surface area contributed by atoms with Crippen molar-refractivity contribution in [1.82, 2.24) is 9.80 Å². The number of carbonyl (C=O) groups is 1. The molecule has 4 nitrogen and oxygen atoms in total. The zero-order chi connectivity index (χ0) is 31.0. The molecule has 3 atom stereocenters. The van der Waals surface area contributed by atoms with Crippen LogP contribution in [0.1, 0.15) is 47.4 Å². The molecule has 236 valence electrons. The second-order valence-corrected chi connectivity index (χ2v) is 14.4. The van der Waals surface area contributed by atoms with Crippen molar-refractivity contribution >= 4 is 40.5 Å². The number of carbonyl (C=O) groups excluding carboxylic acids is 1. The number of hydrogen-bond acceptors (Lipinski definition) is 5. The van der Waals surface area contributed by atoms with Gasteiger partial charge in [0.2, 0.25) is 0 Å². The summed E-state index contributed by atoms with van der Waals surface area (Å²) >= 11 is 14.5. The normalized spacial score (nSPS) is 20.3. The third kappa shape index (κ3) is 9.21. The van der Waals surface area contributed by atoms with Gasteiger partial charge in [0.1, 0.15) is 6.10 Å².